The Balaban J connectivity index is 1.79. The van der Waals surface area contributed by atoms with Crippen LogP contribution in [0.25, 0.3) is 10.9 Å². The number of β-lactam (4-membered cyclic amide) rings is 1. The second-order valence-electron chi connectivity index (χ2n) is 12.5. The summed E-state index contributed by atoms with van der Waals surface area (Å²) in [5.74, 6) is -2.93. The number of carboxylic acid groups (broad SMARTS) is 1. The summed E-state index contributed by atoms with van der Waals surface area (Å²) < 4.78 is 17.6. The molecule has 2 aromatic carbocycles. The summed E-state index contributed by atoms with van der Waals surface area (Å²) in [4.78, 5) is 54.1. The molecule has 1 N–H and O–H groups in total. The monoisotopic (exact) mass is 578 g/mol. The third-order valence-electron chi connectivity index (χ3n) is 7.13. The summed E-state index contributed by atoms with van der Waals surface area (Å²) in [6.07, 6.45) is 0.405. The minimum absolute atomic E-state index is 0.00462. The number of aromatic nitrogens is 1. The summed E-state index contributed by atoms with van der Waals surface area (Å²) in [5, 5.41) is 11.4. The highest BCUT2D eigenvalue weighted by Crippen LogP contribution is 2.45. The van der Waals surface area contributed by atoms with Crippen LogP contribution in [0.4, 0.5) is 4.79 Å². The van der Waals surface area contributed by atoms with Crippen LogP contribution in [0.1, 0.15) is 59.1 Å². The van der Waals surface area contributed by atoms with E-state index in [0.29, 0.717) is 27.8 Å². The number of aliphatic carboxylic acids is 1. The van der Waals surface area contributed by atoms with Gasteiger partial charge in [-0.2, -0.15) is 0 Å². The van der Waals surface area contributed by atoms with Gasteiger partial charge < -0.3 is 24.2 Å². The van der Waals surface area contributed by atoms with E-state index >= 15 is 0 Å². The van der Waals surface area contributed by atoms with Crippen molar-refractivity contribution < 1.29 is 38.5 Å². The Morgan fingerprint density at radius 3 is 2.12 bits per heavy atom. The molecule has 1 aliphatic heterocycles. The Kier molecular flexibility index (Phi) is 8.13. The van der Waals surface area contributed by atoms with Gasteiger partial charge in [-0.3, -0.25) is 14.2 Å². The second-order valence-corrected chi connectivity index (χ2v) is 12.5. The molecular weight excluding hydrogens is 540 g/mol. The number of methoxy groups -OCH3 is 1. The van der Waals surface area contributed by atoms with E-state index in [9.17, 15) is 24.3 Å². The summed E-state index contributed by atoms with van der Waals surface area (Å²) in [7, 11) is 1.54. The van der Waals surface area contributed by atoms with E-state index in [1.54, 1.807) is 103 Å². The number of rotatable bonds is 8. The molecule has 0 unspecified atom stereocenters. The lowest BCUT2D eigenvalue weighted by molar-refractivity contribution is -0.193. The quantitative estimate of drug-likeness (QED) is 0.286. The predicted octanol–water partition coefficient (Wildman–Crippen LogP) is 5.19. The fourth-order valence-corrected chi connectivity index (χ4v) is 5.35. The molecule has 10 heteroatoms. The van der Waals surface area contributed by atoms with Crippen molar-refractivity contribution in [2.45, 2.75) is 77.7 Å². The van der Waals surface area contributed by atoms with Crippen molar-refractivity contribution in [2.24, 2.45) is 5.92 Å². The van der Waals surface area contributed by atoms with Crippen LogP contribution in [0, 0.1) is 5.92 Å². The third kappa shape index (κ3) is 6.12. The van der Waals surface area contributed by atoms with E-state index in [1.807, 2.05) is 0 Å². The lowest BCUT2D eigenvalue weighted by Crippen LogP contribution is -2.75. The number of benzene rings is 2. The molecule has 10 nitrogen and oxygen atoms in total. The lowest BCUT2D eigenvalue weighted by Gasteiger charge is -2.54. The van der Waals surface area contributed by atoms with Gasteiger partial charge in [0, 0.05) is 24.5 Å². The number of hydrogen-bond acceptors (Lipinski definition) is 7. The second kappa shape index (κ2) is 11.2. The summed E-state index contributed by atoms with van der Waals surface area (Å²) in [5.41, 5.74) is -1.57. The SMILES string of the molecule is COc1ccc(CN2C(=O)[C@@H](CC(=O)OC(C)(C)C)[C@@]2(Cc2cn(C(=O)OC(C)(C)C)c3ccccc23)C(=O)O)cc1. The number of carbonyl (C=O) groups excluding carboxylic acids is 3. The molecule has 2 atom stereocenters. The zero-order valence-electron chi connectivity index (χ0n) is 25.1. The van der Waals surface area contributed by atoms with Gasteiger partial charge in [0.05, 0.1) is 25.0 Å². The molecule has 0 aliphatic carbocycles. The first kappa shape index (κ1) is 30.6. The molecule has 1 aromatic heterocycles. The molecule has 42 heavy (non-hydrogen) atoms. The number of para-hydroxylation sites is 1. The lowest BCUT2D eigenvalue weighted by atomic mass is 9.67. The number of fused-ring (bicyclic) bond motifs is 1. The average molecular weight is 579 g/mol. The first-order valence-electron chi connectivity index (χ1n) is 13.8. The first-order chi connectivity index (χ1) is 19.6. The van der Waals surface area contributed by atoms with Crippen molar-refractivity contribution >= 4 is 34.8 Å². The van der Waals surface area contributed by atoms with Crippen molar-refractivity contribution in [1.29, 1.82) is 0 Å². The fraction of sp³-hybridized carbons (Fsp3) is 0.438. The molecule has 224 valence electrons. The number of esters is 1. The van der Waals surface area contributed by atoms with Gasteiger partial charge in [0.2, 0.25) is 5.91 Å². The zero-order valence-corrected chi connectivity index (χ0v) is 25.1. The molecule has 4 rings (SSSR count). The van der Waals surface area contributed by atoms with Crippen molar-refractivity contribution in [3.8, 4) is 5.75 Å². The molecular formula is C32H38N2O8. The van der Waals surface area contributed by atoms with Gasteiger partial charge in [0.1, 0.15) is 17.0 Å². The van der Waals surface area contributed by atoms with Crippen LogP contribution in [0.15, 0.2) is 54.7 Å². The normalized spacial score (nSPS) is 18.9. The largest absolute Gasteiger partial charge is 0.497 e. The van der Waals surface area contributed by atoms with Gasteiger partial charge in [-0.25, -0.2) is 9.59 Å². The average Bonchev–Trinajstić information content (AvgIpc) is 3.26. The minimum atomic E-state index is -1.78. The molecule has 1 fully saturated rings. The van der Waals surface area contributed by atoms with Gasteiger partial charge >= 0.3 is 18.0 Å². The molecule has 0 radical (unpaired) electrons. The number of ether oxygens (including phenoxy) is 3. The smallest absolute Gasteiger partial charge is 0.419 e. The van der Waals surface area contributed by atoms with Crippen LogP contribution in [0.5, 0.6) is 5.75 Å². The van der Waals surface area contributed by atoms with Crippen LogP contribution in [0.2, 0.25) is 0 Å². The molecule has 1 saturated heterocycles. The summed E-state index contributed by atoms with van der Waals surface area (Å²) >= 11 is 0. The van der Waals surface area contributed by atoms with E-state index in [0.717, 1.165) is 0 Å². The Morgan fingerprint density at radius 1 is 0.929 bits per heavy atom. The Morgan fingerprint density at radius 2 is 1.55 bits per heavy atom. The van der Waals surface area contributed by atoms with Crippen molar-refractivity contribution in [3.05, 3.63) is 65.9 Å². The Labute approximate surface area is 245 Å². The maximum absolute atomic E-state index is 13.6. The van der Waals surface area contributed by atoms with Crippen molar-refractivity contribution in [1.82, 2.24) is 9.47 Å². The highest BCUT2D eigenvalue weighted by atomic mass is 16.6. The Hall–Kier alpha value is -4.34. The van der Waals surface area contributed by atoms with Gasteiger partial charge in [0.15, 0.2) is 5.54 Å². The number of hydrogen-bond donors (Lipinski definition) is 1. The van der Waals surface area contributed by atoms with Crippen LogP contribution in [0.3, 0.4) is 0 Å². The standard InChI is InChI=1S/C32H38N2O8/c1-30(2,3)41-26(35)16-24-27(36)34(18-20-12-14-22(40-7)15-13-20)32(24,28(37)38)17-21-19-33(29(39)42-31(4,5)6)25-11-9-8-10-23(21)25/h8-15,19,24H,16-18H2,1-7H3,(H,37,38)/t24-,32+/m1/s1. The maximum Gasteiger partial charge on any atom is 0.419 e. The van der Waals surface area contributed by atoms with E-state index in [-0.39, 0.29) is 13.0 Å². The summed E-state index contributed by atoms with van der Waals surface area (Å²) in [6, 6.07) is 14.1. The highest BCUT2D eigenvalue weighted by Gasteiger charge is 2.65. The Bertz CT molecular complexity index is 1510. The number of amides is 1. The van der Waals surface area contributed by atoms with Gasteiger partial charge in [-0.05, 0) is 70.9 Å². The predicted molar refractivity (Wildman–Crippen MR) is 155 cm³/mol. The van der Waals surface area contributed by atoms with Gasteiger partial charge in [-0.15, -0.1) is 0 Å². The topological polar surface area (TPSA) is 124 Å². The molecule has 1 aliphatic rings. The number of carbonyl (C=O) groups is 4. The van der Waals surface area contributed by atoms with Gasteiger partial charge in [-0.1, -0.05) is 30.3 Å². The molecule has 0 spiro atoms. The molecule has 2 heterocycles. The van der Waals surface area contributed by atoms with Crippen LogP contribution in [-0.4, -0.2) is 62.4 Å². The van der Waals surface area contributed by atoms with Gasteiger partial charge in [0.25, 0.3) is 0 Å². The van der Waals surface area contributed by atoms with E-state index in [2.05, 4.69) is 0 Å². The number of nitrogens with zero attached hydrogens (tertiary/aromatic N) is 2. The number of carboxylic acids is 1. The molecule has 3 aromatic rings. The highest BCUT2D eigenvalue weighted by molar-refractivity contribution is 6.03. The van der Waals surface area contributed by atoms with Crippen LogP contribution < -0.4 is 4.74 Å². The third-order valence-corrected chi connectivity index (χ3v) is 7.13. The maximum atomic E-state index is 13.6. The molecule has 0 saturated carbocycles. The molecule has 0 bridgehead atoms. The minimum Gasteiger partial charge on any atom is -0.497 e. The van der Waals surface area contributed by atoms with E-state index < -0.39 is 53.0 Å². The van der Waals surface area contributed by atoms with E-state index in [4.69, 9.17) is 14.2 Å². The molecule has 1 amide bonds. The van der Waals surface area contributed by atoms with Crippen LogP contribution in [-0.2, 0) is 36.8 Å². The van der Waals surface area contributed by atoms with Crippen LogP contribution >= 0.6 is 0 Å². The fourth-order valence-electron chi connectivity index (χ4n) is 5.35. The number of likely N-dealkylation sites (tertiary alicyclic amines) is 1. The van der Waals surface area contributed by atoms with Crippen molar-refractivity contribution in [2.75, 3.05) is 7.11 Å². The van der Waals surface area contributed by atoms with Crippen molar-refractivity contribution in [3.63, 3.8) is 0 Å². The summed E-state index contributed by atoms with van der Waals surface area (Å²) in [6.45, 7) is 10.4. The van der Waals surface area contributed by atoms with E-state index in [1.165, 1.54) is 9.47 Å². The zero-order chi connectivity index (χ0) is 31.0. The first-order valence-corrected chi connectivity index (χ1v) is 13.8.